The Labute approximate surface area is 103 Å². The van der Waals surface area contributed by atoms with Crippen LogP contribution in [0.15, 0.2) is 5.38 Å². The number of hydrogen-bond donors (Lipinski definition) is 1. The summed E-state index contributed by atoms with van der Waals surface area (Å²) in [6.07, 6.45) is -4.62. The van der Waals surface area contributed by atoms with Gasteiger partial charge in [0.2, 0.25) is 0 Å². The van der Waals surface area contributed by atoms with Crippen LogP contribution in [0.3, 0.4) is 0 Å². The molecule has 0 spiro atoms. The molecule has 1 aromatic rings. The molecule has 98 valence electrons. The molecule has 1 N–H and O–H groups in total. The van der Waals surface area contributed by atoms with Gasteiger partial charge in [0.25, 0.3) is 0 Å². The van der Waals surface area contributed by atoms with Crippen LogP contribution < -0.4 is 0 Å². The third-order valence-electron chi connectivity index (χ3n) is 2.40. The fraction of sp³-hybridized carbons (Fsp3) is 0.727. The van der Waals surface area contributed by atoms with Gasteiger partial charge >= 0.3 is 6.18 Å². The molecule has 0 aliphatic carbocycles. The quantitative estimate of drug-likeness (QED) is 0.886. The SMILES string of the molecule is Cc1nc(CC(C)(O)CCCC(F)(F)F)cs1. The van der Waals surface area contributed by atoms with Gasteiger partial charge in [-0.1, -0.05) is 0 Å². The van der Waals surface area contributed by atoms with Crippen LogP contribution in [0, 0.1) is 6.92 Å². The van der Waals surface area contributed by atoms with E-state index in [4.69, 9.17) is 0 Å². The highest BCUT2D eigenvalue weighted by Gasteiger charge is 2.29. The van der Waals surface area contributed by atoms with Crippen molar-refractivity contribution in [3.8, 4) is 0 Å². The predicted molar refractivity (Wildman–Crippen MR) is 61.1 cm³/mol. The molecule has 0 saturated carbocycles. The number of thiazole rings is 1. The molecule has 0 radical (unpaired) electrons. The molecule has 0 bridgehead atoms. The topological polar surface area (TPSA) is 33.1 Å². The van der Waals surface area contributed by atoms with Crippen LogP contribution in [-0.4, -0.2) is 21.9 Å². The number of aryl methyl sites for hydroxylation is 1. The molecule has 1 atom stereocenters. The standard InChI is InChI=1S/C11H16F3NOS/c1-8-15-9(7-17-8)6-10(2,16)4-3-5-11(12,13)14/h7,16H,3-6H2,1-2H3. The van der Waals surface area contributed by atoms with Gasteiger partial charge in [-0.25, -0.2) is 4.98 Å². The summed E-state index contributed by atoms with van der Waals surface area (Å²) in [5.74, 6) is 0. The normalized spacial score (nSPS) is 15.9. The Bertz CT molecular complexity index is 360. The van der Waals surface area contributed by atoms with Crippen molar-refractivity contribution in [3.05, 3.63) is 16.1 Å². The Morgan fingerprint density at radius 3 is 2.47 bits per heavy atom. The summed E-state index contributed by atoms with van der Waals surface area (Å²) in [4.78, 5) is 4.19. The van der Waals surface area contributed by atoms with Crippen molar-refractivity contribution in [1.29, 1.82) is 0 Å². The summed E-state index contributed by atoms with van der Waals surface area (Å²) < 4.78 is 35.9. The molecule has 1 heterocycles. The lowest BCUT2D eigenvalue weighted by Gasteiger charge is -2.22. The van der Waals surface area contributed by atoms with Crippen LogP contribution in [0.4, 0.5) is 13.2 Å². The first-order valence-electron chi connectivity index (χ1n) is 5.38. The van der Waals surface area contributed by atoms with Gasteiger partial charge in [0.15, 0.2) is 0 Å². The van der Waals surface area contributed by atoms with E-state index in [1.54, 1.807) is 6.92 Å². The second-order valence-electron chi connectivity index (χ2n) is 4.50. The largest absolute Gasteiger partial charge is 0.390 e. The van der Waals surface area contributed by atoms with Crippen molar-refractivity contribution in [1.82, 2.24) is 4.98 Å². The van der Waals surface area contributed by atoms with E-state index in [0.717, 1.165) is 10.7 Å². The summed E-state index contributed by atoms with van der Waals surface area (Å²) in [7, 11) is 0. The van der Waals surface area contributed by atoms with Gasteiger partial charge in [-0.2, -0.15) is 13.2 Å². The minimum atomic E-state index is -4.15. The third-order valence-corrected chi connectivity index (χ3v) is 3.23. The number of halogens is 3. The summed E-state index contributed by atoms with van der Waals surface area (Å²) in [6, 6.07) is 0. The van der Waals surface area contributed by atoms with Gasteiger partial charge in [0, 0.05) is 18.2 Å². The van der Waals surface area contributed by atoms with E-state index >= 15 is 0 Å². The first-order chi connectivity index (χ1) is 7.68. The van der Waals surface area contributed by atoms with E-state index in [1.165, 1.54) is 11.3 Å². The molecule has 2 nitrogen and oxygen atoms in total. The lowest BCUT2D eigenvalue weighted by atomic mass is 9.94. The maximum Gasteiger partial charge on any atom is 0.389 e. The van der Waals surface area contributed by atoms with E-state index in [-0.39, 0.29) is 12.8 Å². The van der Waals surface area contributed by atoms with E-state index in [1.807, 2.05) is 12.3 Å². The van der Waals surface area contributed by atoms with Crippen molar-refractivity contribution in [2.24, 2.45) is 0 Å². The number of alkyl halides is 3. The summed E-state index contributed by atoms with van der Waals surface area (Å²) in [6.45, 7) is 3.41. The zero-order chi connectivity index (χ0) is 13.1. The van der Waals surface area contributed by atoms with Crippen molar-refractivity contribution in [2.75, 3.05) is 0 Å². The predicted octanol–water partition coefficient (Wildman–Crippen LogP) is 3.48. The zero-order valence-electron chi connectivity index (χ0n) is 9.84. The second-order valence-corrected chi connectivity index (χ2v) is 5.56. The Balaban J connectivity index is 2.41. The molecule has 17 heavy (non-hydrogen) atoms. The maximum absolute atomic E-state index is 12.0. The molecular formula is C11H16F3NOS. The zero-order valence-corrected chi connectivity index (χ0v) is 10.7. The lowest BCUT2D eigenvalue weighted by molar-refractivity contribution is -0.137. The van der Waals surface area contributed by atoms with Crippen LogP contribution >= 0.6 is 11.3 Å². The highest BCUT2D eigenvalue weighted by molar-refractivity contribution is 7.09. The monoisotopic (exact) mass is 267 g/mol. The van der Waals surface area contributed by atoms with Gasteiger partial charge in [0.05, 0.1) is 16.3 Å². The average molecular weight is 267 g/mol. The Kier molecular flexibility index (Phi) is 4.55. The number of hydrogen-bond acceptors (Lipinski definition) is 3. The Hall–Kier alpha value is -0.620. The molecule has 6 heteroatoms. The summed E-state index contributed by atoms with van der Waals surface area (Å²) in [5.41, 5.74) is -0.379. The number of aromatic nitrogens is 1. The first-order valence-corrected chi connectivity index (χ1v) is 6.26. The fourth-order valence-corrected chi connectivity index (χ4v) is 2.25. The van der Waals surface area contributed by atoms with Crippen LogP contribution in [0.25, 0.3) is 0 Å². The highest BCUT2D eigenvalue weighted by Crippen LogP contribution is 2.26. The van der Waals surface area contributed by atoms with Crippen molar-refractivity contribution in [2.45, 2.75) is 51.3 Å². The van der Waals surface area contributed by atoms with Gasteiger partial charge in [-0.15, -0.1) is 11.3 Å². The molecule has 0 aliphatic rings. The number of rotatable bonds is 5. The van der Waals surface area contributed by atoms with E-state index < -0.39 is 18.2 Å². The molecule has 0 amide bonds. The maximum atomic E-state index is 12.0. The van der Waals surface area contributed by atoms with Gasteiger partial charge < -0.3 is 5.11 Å². The van der Waals surface area contributed by atoms with Crippen LogP contribution in [0.1, 0.15) is 36.9 Å². The highest BCUT2D eigenvalue weighted by atomic mass is 32.1. The summed E-state index contributed by atoms with van der Waals surface area (Å²) >= 11 is 1.47. The fourth-order valence-electron chi connectivity index (χ4n) is 1.64. The smallest absolute Gasteiger partial charge is 0.389 e. The first kappa shape index (κ1) is 14.4. The molecule has 0 aliphatic heterocycles. The van der Waals surface area contributed by atoms with Gasteiger partial charge in [-0.3, -0.25) is 0 Å². The van der Waals surface area contributed by atoms with Crippen LogP contribution in [0.2, 0.25) is 0 Å². The van der Waals surface area contributed by atoms with Crippen LogP contribution in [0.5, 0.6) is 0 Å². The molecule has 0 fully saturated rings. The second kappa shape index (κ2) is 5.35. The minimum Gasteiger partial charge on any atom is -0.390 e. The van der Waals surface area contributed by atoms with Crippen molar-refractivity contribution >= 4 is 11.3 Å². The molecular weight excluding hydrogens is 251 g/mol. The molecule has 1 rings (SSSR count). The van der Waals surface area contributed by atoms with E-state index in [9.17, 15) is 18.3 Å². The molecule has 0 aromatic carbocycles. The Morgan fingerprint density at radius 2 is 2.00 bits per heavy atom. The third kappa shape index (κ3) is 6.02. The van der Waals surface area contributed by atoms with E-state index in [2.05, 4.69) is 4.98 Å². The lowest BCUT2D eigenvalue weighted by Crippen LogP contribution is -2.27. The average Bonchev–Trinajstić information content (AvgIpc) is 2.47. The van der Waals surface area contributed by atoms with Gasteiger partial charge in [0.1, 0.15) is 0 Å². The number of nitrogens with zero attached hydrogens (tertiary/aromatic N) is 1. The minimum absolute atomic E-state index is 0.0559. The molecule has 1 unspecified atom stereocenters. The molecule has 0 saturated heterocycles. The summed E-state index contributed by atoms with van der Waals surface area (Å²) in [5, 5.41) is 12.7. The van der Waals surface area contributed by atoms with Crippen molar-refractivity contribution < 1.29 is 18.3 Å². The van der Waals surface area contributed by atoms with Crippen LogP contribution in [-0.2, 0) is 6.42 Å². The molecule has 1 aromatic heterocycles. The number of aliphatic hydroxyl groups is 1. The van der Waals surface area contributed by atoms with Gasteiger partial charge in [-0.05, 0) is 26.7 Å². The van der Waals surface area contributed by atoms with E-state index in [0.29, 0.717) is 6.42 Å². The Morgan fingerprint density at radius 1 is 1.35 bits per heavy atom. The van der Waals surface area contributed by atoms with Crippen molar-refractivity contribution in [3.63, 3.8) is 0 Å².